The highest BCUT2D eigenvalue weighted by Gasteiger charge is 2.12. The van der Waals surface area contributed by atoms with E-state index in [1.807, 2.05) is 0 Å². The fourth-order valence-corrected chi connectivity index (χ4v) is 1.53. The normalized spacial score (nSPS) is 14.7. The first-order valence-corrected chi connectivity index (χ1v) is 5.40. The third-order valence-corrected chi connectivity index (χ3v) is 2.31. The van der Waals surface area contributed by atoms with Crippen LogP contribution in [0.2, 0.25) is 0 Å². The van der Waals surface area contributed by atoms with E-state index in [0.29, 0.717) is 18.5 Å². The molecule has 0 aromatic rings. The van der Waals surface area contributed by atoms with Gasteiger partial charge in [-0.3, -0.25) is 0 Å². The lowest BCUT2D eigenvalue weighted by molar-refractivity contribution is 0.155. The molecule has 0 bridgehead atoms. The molecule has 0 saturated carbocycles. The van der Waals surface area contributed by atoms with Gasteiger partial charge in [-0.25, -0.2) is 0 Å². The average molecular weight is 198 g/mol. The maximum Gasteiger partial charge on any atom is 0.0638 e. The van der Waals surface area contributed by atoms with Gasteiger partial charge in [-0.05, 0) is 12.8 Å². The summed E-state index contributed by atoms with van der Waals surface area (Å²) in [7, 11) is 1.72. The van der Waals surface area contributed by atoms with Crippen molar-refractivity contribution in [3.05, 3.63) is 0 Å². The fraction of sp³-hybridized carbons (Fsp3) is 0.909. The molecule has 0 rings (SSSR count). The van der Waals surface area contributed by atoms with Gasteiger partial charge in [0.25, 0.3) is 0 Å². The lowest BCUT2D eigenvalue weighted by Crippen LogP contribution is -2.40. The molecule has 1 N–H and O–H groups in total. The van der Waals surface area contributed by atoms with E-state index in [-0.39, 0.29) is 0 Å². The van der Waals surface area contributed by atoms with Gasteiger partial charge in [-0.15, -0.1) is 0 Å². The number of hydrogen-bond donors (Lipinski definition) is 1. The molecule has 2 atom stereocenters. The molecule has 3 heteroatoms. The summed E-state index contributed by atoms with van der Waals surface area (Å²) in [5.74, 6) is 0. The molecule has 0 aliphatic rings. The van der Waals surface area contributed by atoms with Gasteiger partial charge in [0.2, 0.25) is 0 Å². The van der Waals surface area contributed by atoms with E-state index in [4.69, 9.17) is 10.00 Å². The highest BCUT2D eigenvalue weighted by Crippen LogP contribution is 2.03. The predicted molar refractivity (Wildman–Crippen MR) is 58.0 cm³/mol. The number of nitrogens with zero attached hydrogens (tertiary/aromatic N) is 1. The van der Waals surface area contributed by atoms with Gasteiger partial charge in [0, 0.05) is 19.2 Å². The lowest BCUT2D eigenvalue weighted by atomic mass is 10.1. The van der Waals surface area contributed by atoms with Crippen molar-refractivity contribution in [1.29, 1.82) is 5.26 Å². The van der Waals surface area contributed by atoms with E-state index < -0.39 is 0 Å². The molecule has 0 aliphatic carbocycles. The summed E-state index contributed by atoms with van der Waals surface area (Å²) in [6.07, 6.45) is 3.83. The lowest BCUT2D eigenvalue weighted by Gasteiger charge is -2.22. The molecule has 0 fully saturated rings. The zero-order chi connectivity index (χ0) is 10.8. The first kappa shape index (κ1) is 13.4. The SMILES string of the molecule is CCCC(COC)NC(CC)CC#N. The standard InChI is InChI=1S/C11H22N2O/c1-4-6-11(9-14-3)13-10(5-2)7-8-12/h10-11,13H,4-7,9H2,1-3H3. The minimum Gasteiger partial charge on any atom is -0.383 e. The summed E-state index contributed by atoms with van der Waals surface area (Å²) in [5, 5.41) is 12.1. The van der Waals surface area contributed by atoms with E-state index in [1.54, 1.807) is 7.11 Å². The van der Waals surface area contributed by atoms with Gasteiger partial charge >= 0.3 is 0 Å². The van der Waals surface area contributed by atoms with Gasteiger partial charge in [0.15, 0.2) is 0 Å². The highest BCUT2D eigenvalue weighted by molar-refractivity contribution is 4.82. The molecule has 0 spiro atoms. The Morgan fingerprint density at radius 3 is 2.50 bits per heavy atom. The Morgan fingerprint density at radius 2 is 2.07 bits per heavy atom. The summed E-state index contributed by atoms with van der Waals surface area (Å²) < 4.78 is 5.13. The minimum atomic E-state index is 0.312. The Bertz CT molecular complexity index is 159. The van der Waals surface area contributed by atoms with Gasteiger partial charge in [-0.1, -0.05) is 20.3 Å². The Hall–Kier alpha value is -0.590. The Labute approximate surface area is 87.4 Å². The topological polar surface area (TPSA) is 45.0 Å². The van der Waals surface area contributed by atoms with Crippen molar-refractivity contribution in [2.75, 3.05) is 13.7 Å². The van der Waals surface area contributed by atoms with E-state index in [9.17, 15) is 0 Å². The van der Waals surface area contributed by atoms with E-state index in [1.165, 1.54) is 0 Å². The van der Waals surface area contributed by atoms with Crippen molar-refractivity contribution in [2.24, 2.45) is 0 Å². The third-order valence-electron chi connectivity index (χ3n) is 2.31. The molecule has 14 heavy (non-hydrogen) atoms. The van der Waals surface area contributed by atoms with Crippen molar-refractivity contribution in [3.63, 3.8) is 0 Å². The Morgan fingerprint density at radius 1 is 1.36 bits per heavy atom. The van der Waals surface area contributed by atoms with E-state index >= 15 is 0 Å². The maximum absolute atomic E-state index is 8.62. The van der Waals surface area contributed by atoms with Crippen LogP contribution in [0.25, 0.3) is 0 Å². The predicted octanol–water partition coefficient (Wildman–Crippen LogP) is 2.08. The van der Waals surface area contributed by atoms with Crippen LogP contribution in [0.15, 0.2) is 0 Å². The van der Waals surface area contributed by atoms with E-state index in [2.05, 4.69) is 25.2 Å². The quantitative estimate of drug-likeness (QED) is 0.649. The molecule has 0 heterocycles. The molecule has 0 aliphatic heterocycles. The van der Waals surface area contributed by atoms with Crippen molar-refractivity contribution in [3.8, 4) is 6.07 Å². The van der Waals surface area contributed by atoms with Crippen LogP contribution in [-0.2, 0) is 4.74 Å². The first-order valence-electron chi connectivity index (χ1n) is 5.40. The monoisotopic (exact) mass is 198 g/mol. The van der Waals surface area contributed by atoms with Crippen LogP contribution in [0.3, 0.4) is 0 Å². The molecule has 82 valence electrons. The number of methoxy groups -OCH3 is 1. The summed E-state index contributed by atoms with van der Waals surface area (Å²) in [4.78, 5) is 0. The molecule has 0 aromatic heterocycles. The van der Waals surface area contributed by atoms with Crippen LogP contribution < -0.4 is 5.32 Å². The number of nitrogens with one attached hydrogen (secondary N) is 1. The molecule has 0 amide bonds. The number of nitriles is 1. The first-order chi connectivity index (χ1) is 6.78. The minimum absolute atomic E-state index is 0.312. The molecular formula is C11H22N2O. The van der Waals surface area contributed by atoms with Gasteiger partial charge in [0.05, 0.1) is 19.1 Å². The fourth-order valence-electron chi connectivity index (χ4n) is 1.53. The zero-order valence-corrected chi connectivity index (χ0v) is 9.55. The van der Waals surface area contributed by atoms with Crippen LogP contribution in [-0.4, -0.2) is 25.8 Å². The molecule has 0 saturated heterocycles. The van der Waals surface area contributed by atoms with Crippen molar-refractivity contribution < 1.29 is 4.74 Å². The molecule has 3 nitrogen and oxygen atoms in total. The Kier molecular flexibility index (Phi) is 8.61. The van der Waals surface area contributed by atoms with Crippen molar-refractivity contribution >= 4 is 0 Å². The largest absolute Gasteiger partial charge is 0.383 e. The average Bonchev–Trinajstić information content (AvgIpc) is 2.18. The van der Waals surface area contributed by atoms with Gasteiger partial charge < -0.3 is 10.1 Å². The van der Waals surface area contributed by atoms with Crippen molar-refractivity contribution in [2.45, 2.75) is 51.6 Å². The molecule has 0 radical (unpaired) electrons. The zero-order valence-electron chi connectivity index (χ0n) is 9.55. The summed E-state index contributed by atoms with van der Waals surface area (Å²) in [5.41, 5.74) is 0. The second-order valence-corrected chi connectivity index (χ2v) is 3.58. The summed E-state index contributed by atoms with van der Waals surface area (Å²) in [6, 6.07) is 2.91. The second-order valence-electron chi connectivity index (χ2n) is 3.58. The second kappa shape index (κ2) is 8.98. The van der Waals surface area contributed by atoms with Crippen LogP contribution in [0.1, 0.15) is 39.5 Å². The number of hydrogen-bond acceptors (Lipinski definition) is 3. The molecular weight excluding hydrogens is 176 g/mol. The molecule has 0 aromatic carbocycles. The maximum atomic E-state index is 8.62. The third kappa shape index (κ3) is 5.95. The van der Waals surface area contributed by atoms with Crippen LogP contribution >= 0.6 is 0 Å². The van der Waals surface area contributed by atoms with Crippen molar-refractivity contribution in [1.82, 2.24) is 5.32 Å². The van der Waals surface area contributed by atoms with Gasteiger partial charge in [0.1, 0.15) is 0 Å². The highest BCUT2D eigenvalue weighted by atomic mass is 16.5. The number of rotatable bonds is 8. The number of ether oxygens (including phenoxy) is 1. The van der Waals surface area contributed by atoms with Gasteiger partial charge in [-0.2, -0.15) is 5.26 Å². The van der Waals surface area contributed by atoms with Crippen LogP contribution in [0.4, 0.5) is 0 Å². The summed E-state index contributed by atoms with van der Waals surface area (Å²) >= 11 is 0. The van der Waals surface area contributed by atoms with Crippen LogP contribution in [0.5, 0.6) is 0 Å². The summed E-state index contributed by atoms with van der Waals surface area (Å²) in [6.45, 7) is 5.00. The van der Waals surface area contributed by atoms with Crippen LogP contribution in [0, 0.1) is 11.3 Å². The molecule has 2 unspecified atom stereocenters. The van der Waals surface area contributed by atoms with E-state index in [0.717, 1.165) is 25.9 Å². The Balaban J connectivity index is 3.91. The smallest absolute Gasteiger partial charge is 0.0638 e.